The van der Waals surface area contributed by atoms with Crippen LogP contribution in [0.1, 0.15) is 25.5 Å². The Morgan fingerprint density at radius 1 is 1.27 bits per heavy atom. The Kier molecular flexibility index (Phi) is 4.43. The molecule has 1 aromatic carbocycles. The van der Waals surface area contributed by atoms with E-state index in [1.807, 2.05) is 12.1 Å². The van der Waals surface area contributed by atoms with Crippen molar-refractivity contribution < 1.29 is 9.47 Å². The minimum atomic E-state index is 0.264. The summed E-state index contributed by atoms with van der Waals surface area (Å²) in [4.78, 5) is 0. The van der Waals surface area contributed by atoms with E-state index in [2.05, 4.69) is 25.2 Å². The first-order valence-electron chi connectivity index (χ1n) is 5.18. The van der Waals surface area contributed by atoms with Gasteiger partial charge in [0.1, 0.15) is 0 Å². The van der Waals surface area contributed by atoms with Crippen molar-refractivity contribution in [2.45, 2.75) is 19.9 Å². The van der Waals surface area contributed by atoms with Crippen molar-refractivity contribution >= 4 is 0 Å². The molecule has 1 aromatic rings. The molecule has 84 valence electrons. The van der Waals surface area contributed by atoms with E-state index in [4.69, 9.17) is 9.47 Å². The SMILES string of the molecule is CCNC(C)c1cccc(OC)c1OC. The molecule has 0 aliphatic heterocycles. The van der Waals surface area contributed by atoms with E-state index >= 15 is 0 Å². The smallest absolute Gasteiger partial charge is 0.165 e. The molecule has 0 aliphatic rings. The molecule has 1 unspecified atom stereocenters. The lowest BCUT2D eigenvalue weighted by Crippen LogP contribution is -2.18. The zero-order valence-electron chi connectivity index (χ0n) is 9.83. The van der Waals surface area contributed by atoms with Crippen molar-refractivity contribution in [1.29, 1.82) is 0 Å². The van der Waals surface area contributed by atoms with Crippen LogP contribution in [0.3, 0.4) is 0 Å². The molecule has 1 atom stereocenters. The fourth-order valence-corrected chi connectivity index (χ4v) is 1.67. The molecule has 3 nitrogen and oxygen atoms in total. The normalized spacial score (nSPS) is 12.3. The largest absolute Gasteiger partial charge is 0.493 e. The van der Waals surface area contributed by atoms with Crippen LogP contribution >= 0.6 is 0 Å². The lowest BCUT2D eigenvalue weighted by atomic mass is 10.1. The lowest BCUT2D eigenvalue weighted by Gasteiger charge is -2.18. The van der Waals surface area contributed by atoms with Crippen LogP contribution < -0.4 is 14.8 Å². The zero-order chi connectivity index (χ0) is 11.3. The Balaban J connectivity index is 3.05. The monoisotopic (exact) mass is 209 g/mol. The molecule has 0 saturated heterocycles. The van der Waals surface area contributed by atoms with Crippen LogP contribution in [0.2, 0.25) is 0 Å². The molecule has 0 heterocycles. The molecule has 0 bridgehead atoms. The third kappa shape index (κ3) is 2.63. The summed E-state index contributed by atoms with van der Waals surface area (Å²) in [7, 11) is 3.32. The summed E-state index contributed by atoms with van der Waals surface area (Å²) in [6, 6.07) is 6.19. The molecule has 1 rings (SSSR count). The summed E-state index contributed by atoms with van der Waals surface area (Å²) in [6.45, 7) is 5.13. The van der Waals surface area contributed by atoms with E-state index in [1.54, 1.807) is 14.2 Å². The van der Waals surface area contributed by atoms with Gasteiger partial charge in [0.25, 0.3) is 0 Å². The van der Waals surface area contributed by atoms with Crippen LogP contribution in [0.25, 0.3) is 0 Å². The van der Waals surface area contributed by atoms with Gasteiger partial charge in [-0.05, 0) is 19.5 Å². The number of methoxy groups -OCH3 is 2. The highest BCUT2D eigenvalue weighted by atomic mass is 16.5. The Labute approximate surface area is 91.4 Å². The average molecular weight is 209 g/mol. The van der Waals surface area contributed by atoms with Crippen LogP contribution in [0.15, 0.2) is 18.2 Å². The number of ether oxygens (including phenoxy) is 2. The minimum Gasteiger partial charge on any atom is -0.493 e. The minimum absolute atomic E-state index is 0.264. The number of rotatable bonds is 5. The van der Waals surface area contributed by atoms with E-state index in [0.29, 0.717) is 0 Å². The number of para-hydroxylation sites is 1. The second-order valence-corrected chi connectivity index (χ2v) is 3.36. The Hall–Kier alpha value is -1.22. The fraction of sp³-hybridized carbons (Fsp3) is 0.500. The summed E-state index contributed by atoms with van der Waals surface area (Å²) in [5, 5.41) is 3.35. The Morgan fingerprint density at radius 2 is 2.00 bits per heavy atom. The van der Waals surface area contributed by atoms with Gasteiger partial charge in [-0.1, -0.05) is 19.1 Å². The third-order valence-corrected chi connectivity index (χ3v) is 2.41. The number of benzene rings is 1. The highest BCUT2D eigenvalue weighted by molar-refractivity contribution is 5.47. The predicted molar refractivity (Wildman–Crippen MR) is 61.6 cm³/mol. The van der Waals surface area contributed by atoms with Crippen LogP contribution in [0.5, 0.6) is 11.5 Å². The number of nitrogens with one attached hydrogen (secondary N) is 1. The van der Waals surface area contributed by atoms with Crippen LogP contribution in [-0.4, -0.2) is 20.8 Å². The van der Waals surface area contributed by atoms with Crippen molar-refractivity contribution in [3.8, 4) is 11.5 Å². The maximum atomic E-state index is 5.37. The quantitative estimate of drug-likeness (QED) is 0.807. The Morgan fingerprint density at radius 3 is 2.53 bits per heavy atom. The van der Waals surface area contributed by atoms with Gasteiger partial charge in [-0.15, -0.1) is 0 Å². The topological polar surface area (TPSA) is 30.5 Å². The standard InChI is InChI=1S/C12H19NO2/c1-5-13-9(2)10-7-6-8-11(14-3)12(10)15-4/h6-9,13H,5H2,1-4H3. The maximum Gasteiger partial charge on any atom is 0.165 e. The van der Waals surface area contributed by atoms with E-state index < -0.39 is 0 Å². The van der Waals surface area contributed by atoms with Crippen molar-refractivity contribution in [1.82, 2.24) is 5.32 Å². The highest BCUT2D eigenvalue weighted by Crippen LogP contribution is 2.34. The predicted octanol–water partition coefficient (Wildman–Crippen LogP) is 2.37. The average Bonchev–Trinajstić information content (AvgIpc) is 2.28. The molecule has 15 heavy (non-hydrogen) atoms. The van der Waals surface area contributed by atoms with Gasteiger partial charge in [-0.2, -0.15) is 0 Å². The summed E-state index contributed by atoms with van der Waals surface area (Å²) in [5.74, 6) is 1.59. The van der Waals surface area contributed by atoms with Gasteiger partial charge in [0, 0.05) is 11.6 Å². The van der Waals surface area contributed by atoms with E-state index in [1.165, 1.54) is 0 Å². The van der Waals surface area contributed by atoms with Gasteiger partial charge in [-0.25, -0.2) is 0 Å². The van der Waals surface area contributed by atoms with Gasteiger partial charge >= 0.3 is 0 Å². The van der Waals surface area contributed by atoms with Crippen molar-refractivity contribution in [2.75, 3.05) is 20.8 Å². The fourth-order valence-electron chi connectivity index (χ4n) is 1.67. The van der Waals surface area contributed by atoms with Gasteiger partial charge in [-0.3, -0.25) is 0 Å². The van der Waals surface area contributed by atoms with Crippen LogP contribution in [0.4, 0.5) is 0 Å². The van der Waals surface area contributed by atoms with Crippen molar-refractivity contribution in [2.24, 2.45) is 0 Å². The first-order chi connectivity index (χ1) is 7.24. The van der Waals surface area contributed by atoms with E-state index in [-0.39, 0.29) is 6.04 Å². The Bertz CT molecular complexity index is 312. The van der Waals surface area contributed by atoms with Crippen LogP contribution in [-0.2, 0) is 0 Å². The highest BCUT2D eigenvalue weighted by Gasteiger charge is 2.13. The molecular weight excluding hydrogens is 190 g/mol. The van der Waals surface area contributed by atoms with E-state index in [9.17, 15) is 0 Å². The molecule has 0 radical (unpaired) electrons. The second-order valence-electron chi connectivity index (χ2n) is 3.36. The molecule has 0 saturated carbocycles. The zero-order valence-corrected chi connectivity index (χ0v) is 9.83. The molecule has 0 aliphatic carbocycles. The maximum absolute atomic E-state index is 5.37. The third-order valence-electron chi connectivity index (χ3n) is 2.41. The molecule has 0 spiro atoms. The summed E-state index contributed by atoms with van der Waals surface area (Å²) in [6.07, 6.45) is 0. The molecule has 3 heteroatoms. The first kappa shape index (κ1) is 11.9. The molecule has 0 amide bonds. The van der Waals surface area contributed by atoms with Gasteiger partial charge in [0.2, 0.25) is 0 Å². The molecule has 1 N–H and O–H groups in total. The lowest BCUT2D eigenvalue weighted by molar-refractivity contribution is 0.348. The van der Waals surface area contributed by atoms with Gasteiger partial charge in [0.15, 0.2) is 11.5 Å². The summed E-state index contributed by atoms with van der Waals surface area (Å²) >= 11 is 0. The molecule has 0 fully saturated rings. The van der Waals surface area contributed by atoms with Gasteiger partial charge in [0.05, 0.1) is 14.2 Å². The van der Waals surface area contributed by atoms with Crippen LogP contribution in [0, 0.1) is 0 Å². The summed E-state index contributed by atoms with van der Waals surface area (Å²) < 4.78 is 10.6. The van der Waals surface area contributed by atoms with E-state index in [0.717, 1.165) is 23.6 Å². The summed E-state index contributed by atoms with van der Waals surface area (Å²) in [5.41, 5.74) is 1.12. The van der Waals surface area contributed by atoms with Crippen molar-refractivity contribution in [3.63, 3.8) is 0 Å². The molecule has 0 aromatic heterocycles. The number of hydrogen-bond donors (Lipinski definition) is 1. The second kappa shape index (κ2) is 5.61. The van der Waals surface area contributed by atoms with Gasteiger partial charge < -0.3 is 14.8 Å². The number of hydrogen-bond acceptors (Lipinski definition) is 3. The van der Waals surface area contributed by atoms with Crippen molar-refractivity contribution in [3.05, 3.63) is 23.8 Å². The first-order valence-corrected chi connectivity index (χ1v) is 5.18. The molecular formula is C12H19NO2.